The SMILES string of the molecule is C[C@H](c1ccc(-n2cncn2)cc1)N(C)C(=O)COc1ccc([N+](=O)[O-])cc1. The maximum atomic E-state index is 12.4. The van der Waals surface area contributed by atoms with Crippen molar-refractivity contribution in [2.45, 2.75) is 13.0 Å². The molecule has 28 heavy (non-hydrogen) atoms. The molecule has 0 saturated carbocycles. The fraction of sp³-hybridized carbons (Fsp3) is 0.211. The van der Waals surface area contributed by atoms with E-state index >= 15 is 0 Å². The third-order valence-corrected chi connectivity index (χ3v) is 4.44. The quantitative estimate of drug-likeness (QED) is 0.460. The molecule has 1 atom stereocenters. The van der Waals surface area contributed by atoms with Gasteiger partial charge in [-0.2, -0.15) is 5.10 Å². The van der Waals surface area contributed by atoms with Crippen molar-refractivity contribution in [2.24, 2.45) is 0 Å². The number of carbonyl (C=O) groups is 1. The van der Waals surface area contributed by atoms with Crippen molar-refractivity contribution in [3.05, 3.63) is 76.9 Å². The lowest BCUT2D eigenvalue weighted by atomic mass is 10.1. The van der Waals surface area contributed by atoms with Crippen LogP contribution < -0.4 is 4.74 Å². The molecule has 3 aromatic rings. The zero-order chi connectivity index (χ0) is 20.1. The maximum Gasteiger partial charge on any atom is 0.269 e. The lowest BCUT2D eigenvalue weighted by Crippen LogP contribution is -2.33. The minimum absolute atomic E-state index is 0.0289. The highest BCUT2D eigenvalue weighted by atomic mass is 16.6. The second-order valence-electron chi connectivity index (χ2n) is 6.15. The van der Waals surface area contributed by atoms with Crippen LogP contribution in [0.4, 0.5) is 5.69 Å². The predicted molar refractivity (Wildman–Crippen MR) is 101 cm³/mol. The minimum Gasteiger partial charge on any atom is -0.484 e. The Hall–Kier alpha value is -3.75. The van der Waals surface area contributed by atoms with Crippen molar-refractivity contribution in [3.63, 3.8) is 0 Å². The molecule has 0 aliphatic heterocycles. The van der Waals surface area contributed by atoms with Crippen LogP contribution in [0.5, 0.6) is 5.75 Å². The van der Waals surface area contributed by atoms with Crippen LogP contribution in [0.1, 0.15) is 18.5 Å². The number of carbonyl (C=O) groups excluding carboxylic acids is 1. The van der Waals surface area contributed by atoms with Crippen LogP contribution in [0.15, 0.2) is 61.2 Å². The number of likely N-dealkylation sites (N-methyl/N-ethyl adjacent to an activating group) is 1. The zero-order valence-electron chi connectivity index (χ0n) is 15.4. The Morgan fingerprint density at radius 2 is 1.89 bits per heavy atom. The van der Waals surface area contributed by atoms with Gasteiger partial charge in [0.2, 0.25) is 0 Å². The lowest BCUT2D eigenvalue weighted by Gasteiger charge is -2.25. The van der Waals surface area contributed by atoms with Gasteiger partial charge in [-0.15, -0.1) is 0 Å². The van der Waals surface area contributed by atoms with Gasteiger partial charge in [0.15, 0.2) is 6.61 Å². The van der Waals surface area contributed by atoms with Gasteiger partial charge < -0.3 is 9.64 Å². The summed E-state index contributed by atoms with van der Waals surface area (Å²) >= 11 is 0. The molecular weight excluding hydrogens is 362 g/mol. The molecule has 9 nitrogen and oxygen atoms in total. The van der Waals surface area contributed by atoms with E-state index in [9.17, 15) is 14.9 Å². The molecule has 0 aliphatic rings. The van der Waals surface area contributed by atoms with Crippen molar-refractivity contribution in [1.29, 1.82) is 0 Å². The van der Waals surface area contributed by atoms with E-state index in [1.807, 2.05) is 31.2 Å². The molecule has 9 heteroatoms. The Kier molecular flexibility index (Phi) is 5.64. The van der Waals surface area contributed by atoms with E-state index in [0.717, 1.165) is 11.3 Å². The molecule has 0 aliphatic carbocycles. The van der Waals surface area contributed by atoms with E-state index in [1.54, 1.807) is 23.0 Å². The molecule has 0 fully saturated rings. The molecule has 0 N–H and O–H groups in total. The first-order chi connectivity index (χ1) is 13.5. The smallest absolute Gasteiger partial charge is 0.269 e. The summed E-state index contributed by atoms with van der Waals surface area (Å²) in [5.41, 5.74) is 1.82. The molecule has 1 aromatic heterocycles. The number of amides is 1. The summed E-state index contributed by atoms with van der Waals surface area (Å²) in [5.74, 6) is 0.198. The Bertz CT molecular complexity index is 939. The van der Waals surface area contributed by atoms with Gasteiger partial charge in [-0.05, 0) is 36.8 Å². The number of aromatic nitrogens is 3. The molecular formula is C19H19N5O4. The summed E-state index contributed by atoms with van der Waals surface area (Å²) in [4.78, 5) is 28.1. The first-order valence-electron chi connectivity index (χ1n) is 8.53. The van der Waals surface area contributed by atoms with Crippen LogP contribution in [0.3, 0.4) is 0 Å². The number of non-ortho nitro benzene ring substituents is 1. The molecule has 0 unspecified atom stereocenters. The molecule has 1 amide bonds. The number of nitrogens with zero attached hydrogens (tertiary/aromatic N) is 5. The van der Waals surface area contributed by atoms with Crippen molar-refractivity contribution in [1.82, 2.24) is 19.7 Å². The van der Waals surface area contributed by atoms with Crippen molar-refractivity contribution in [3.8, 4) is 11.4 Å². The molecule has 0 spiro atoms. The molecule has 3 rings (SSSR count). The minimum atomic E-state index is -0.488. The maximum absolute atomic E-state index is 12.4. The number of nitro groups is 1. The highest BCUT2D eigenvalue weighted by Crippen LogP contribution is 2.21. The van der Waals surface area contributed by atoms with Gasteiger partial charge >= 0.3 is 0 Å². The van der Waals surface area contributed by atoms with E-state index in [4.69, 9.17) is 4.74 Å². The van der Waals surface area contributed by atoms with Crippen LogP contribution in [0.2, 0.25) is 0 Å². The van der Waals surface area contributed by atoms with E-state index < -0.39 is 4.92 Å². The largest absolute Gasteiger partial charge is 0.484 e. The van der Waals surface area contributed by atoms with E-state index in [-0.39, 0.29) is 24.2 Å². The van der Waals surface area contributed by atoms with Crippen molar-refractivity contribution in [2.75, 3.05) is 13.7 Å². The molecule has 0 bridgehead atoms. The standard InChI is InChI=1S/C19H19N5O4/c1-14(15-3-5-16(6-4-15)23-13-20-12-21-23)22(2)19(25)11-28-18-9-7-17(8-10-18)24(26)27/h3-10,12-14H,11H2,1-2H3/t14-/m1/s1. The molecule has 0 saturated heterocycles. The van der Waals surface area contributed by atoms with Gasteiger partial charge in [0.1, 0.15) is 18.4 Å². The summed E-state index contributed by atoms with van der Waals surface area (Å²) < 4.78 is 7.10. The van der Waals surface area contributed by atoms with Crippen LogP contribution in [-0.4, -0.2) is 44.1 Å². The predicted octanol–water partition coefficient (Wildman–Crippen LogP) is 2.77. The second-order valence-corrected chi connectivity index (χ2v) is 6.15. The van der Waals surface area contributed by atoms with Gasteiger partial charge in [0.05, 0.1) is 16.7 Å². The number of ether oxygens (including phenoxy) is 1. The third-order valence-electron chi connectivity index (χ3n) is 4.44. The fourth-order valence-corrected chi connectivity index (χ4v) is 2.60. The van der Waals surface area contributed by atoms with Gasteiger partial charge in [-0.3, -0.25) is 14.9 Å². The number of hydrogen-bond acceptors (Lipinski definition) is 6. The summed E-state index contributed by atoms with van der Waals surface area (Å²) in [6.45, 7) is 1.77. The fourth-order valence-electron chi connectivity index (χ4n) is 2.60. The number of rotatable bonds is 7. The summed E-state index contributed by atoms with van der Waals surface area (Å²) in [6, 6.07) is 13.1. The summed E-state index contributed by atoms with van der Waals surface area (Å²) in [6.07, 6.45) is 3.08. The van der Waals surface area contributed by atoms with E-state index in [1.165, 1.54) is 30.6 Å². The Morgan fingerprint density at radius 3 is 2.46 bits per heavy atom. The normalized spacial score (nSPS) is 11.6. The number of hydrogen-bond donors (Lipinski definition) is 0. The molecule has 1 heterocycles. The monoisotopic (exact) mass is 381 g/mol. The Labute approximate surface area is 161 Å². The Morgan fingerprint density at radius 1 is 1.21 bits per heavy atom. The first kappa shape index (κ1) is 19.0. The lowest BCUT2D eigenvalue weighted by molar-refractivity contribution is -0.384. The third kappa shape index (κ3) is 4.32. The van der Waals surface area contributed by atoms with Crippen molar-refractivity contribution >= 4 is 11.6 Å². The Balaban J connectivity index is 1.58. The highest BCUT2D eigenvalue weighted by molar-refractivity contribution is 5.78. The highest BCUT2D eigenvalue weighted by Gasteiger charge is 2.18. The molecule has 0 radical (unpaired) electrons. The summed E-state index contributed by atoms with van der Waals surface area (Å²) in [5, 5.41) is 14.7. The topological polar surface area (TPSA) is 103 Å². The van der Waals surface area contributed by atoms with E-state index in [0.29, 0.717) is 5.75 Å². The zero-order valence-corrected chi connectivity index (χ0v) is 15.4. The van der Waals surface area contributed by atoms with Crippen LogP contribution >= 0.6 is 0 Å². The van der Waals surface area contributed by atoms with E-state index in [2.05, 4.69) is 10.1 Å². The molecule has 144 valence electrons. The first-order valence-corrected chi connectivity index (χ1v) is 8.53. The number of benzene rings is 2. The average Bonchev–Trinajstić information content (AvgIpc) is 3.26. The number of nitro benzene ring substituents is 1. The summed E-state index contributed by atoms with van der Waals surface area (Å²) in [7, 11) is 1.71. The average molecular weight is 381 g/mol. The van der Waals surface area contributed by atoms with Gasteiger partial charge in [-0.25, -0.2) is 9.67 Å². The second kappa shape index (κ2) is 8.30. The molecule has 2 aromatic carbocycles. The van der Waals surface area contributed by atoms with Gasteiger partial charge in [0, 0.05) is 19.2 Å². The van der Waals surface area contributed by atoms with Gasteiger partial charge in [-0.1, -0.05) is 12.1 Å². The van der Waals surface area contributed by atoms with Crippen LogP contribution in [0.25, 0.3) is 5.69 Å². The van der Waals surface area contributed by atoms with Crippen molar-refractivity contribution < 1.29 is 14.5 Å². The van der Waals surface area contributed by atoms with Crippen LogP contribution in [-0.2, 0) is 4.79 Å². The van der Waals surface area contributed by atoms with Gasteiger partial charge in [0.25, 0.3) is 11.6 Å². The van der Waals surface area contributed by atoms with Crippen LogP contribution in [0, 0.1) is 10.1 Å².